The predicted octanol–water partition coefficient (Wildman–Crippen LogP) is 0.840. The van der Waals surface area contributed by atoms with Crippen LogP contribution in [0.3, 0.4) is 0 Å². The first-order valence-electron chi connectivity index (χ1n) is 8.30. The number of hydrogen-bond acceptors (Lipinski definition) is 6. The number of carbonyl (C=O) groups is 1. The molecule has 132 valence electrons. The van der Waals surface area contributed by atoms with Crippen LogP contribution in [0.1, 0.15) is 43.9 Å². The minimum absolute atomic E-state index is 0.00290. The van der Waals surface area contributed by atoms with E-state index in [-0.39, 0.29) is 25.1 Å². The van der Waals surface area contributed by atoms with Crippen LogP contribution >= 0.6 is 0 Å². The van der Waals surface area contributed by atoms with E-state index in [9.17, 15) is 14.4 Å². The van der Waals surface area contributed by atoms with Gasteiger partial charge in [-0.25, -0.2) is 4.79 Å². The molecule has 0 unspecified atom stereocenters. The zero-order valence-electron chi connectivity index (χ0n) is 13.7. The van der Waals surface area contributed by atoms with E-state index in [0.29, 0.717) is 5.56 Å². The van der Waals surface area contributed by atoms with Crippen molar-refractivity contribution in [3.63, 3.8) is 0 Å². The summed E-state index contributed by atoms with van der Waals surface area (Å²) < 4.78 is 17.6. The topological polar surface area (TPSA) is 99.6 Å². The molecule has 2 aliphatic rings. The number of H-pyrrole nitrogens is 1. The molecule has 2 heterocycles. The van der Waals surface area contributed by atoms with E-state index in [2.05, 4.69) is 4.98 Å². The summed E-state index contributed by atoms with van der Waals surface area (Å²) in [5.74, 6) is -0.233. The van der Waals surface area contributed by atoms with Crippen molar-refractivity contribution >= 4 is 5.97 Å². The lowest BCUT2D eigenvalue weighted by Crippen LogP contribution is -2.34. The summed E-state index contributed by atoms with van der Waals surface area (Å²) in [5, 5.41) is 0. The molecule has 8 nitrogen and oxygen atoms in total. The highest BCUT2D eigenvalue weighted by molar-refractivity contribution is 5.72. The molecule has 8 heteroatoms. The maximum Gasteiger partial charge on any atom is 0.330 e. The van der Waals surface area contributed by atoms with E-state index in [4.69, 9.17) is 14.2 Å². The van der Waals surface area contributed by atoms with E-state index in [1.165, 1.54) is 17.2 Å². The van der Waals surface area contributed by atoms with Gasteiger partial charge in [-0.2, -0.15) is 0 Å². The van der Waals surface area contributed by atoms with E-state index in [0.717, 1.165) is 25.7 Å². The SMILES string of the molecule is Cc1cn([C@H]2CO[C@@H](COC(=O)C3CCCCC3)O2)c(=O)[nH]c1=O. The van der Waals surface area contributed by atoms with Crippen LogP contribution in [0.5, 0.6) is 0 Å². The van der Waals surface area contributed by atoms with Crippen molar-refractivity contribution in [1.82, 2.24) is 9.55 Å². The fourth-order valence-corrected chi connectivity index (χ4v) is 3.08. The van der Waals surface area contributed by atoms with Gasteiger partial charge in [0, 0.05) is 11.8 Å². The first-order valence-corrected chi connectivity index (χ1v) is 8.30. The lowest BCUT2D eigenvalue weighted by Gasteiger charge is -2.20. The van der Waals surface area contributed by atoms with Crippen LogP contribution < -0.4 is 11.2 Å². The van der Waals surface area contributed by atoms with Crippen molar-refractivity contribution in [2.24, 2.45) is 5.92 Å². The van der Waals surface area contributed by atoms with Crippen molar-refractivity contribution in [3.8, 4) is 0 Å². The maximum absolute atomic E-state index is 12.0. The normalized spacial score (nSPS) is 24.9. The first kappa shape index (κ1) is 16.9. The van der Waals surface area contributed by atoms with Gasteiger partial charge in [0.05, 0.1) is 12.5 Å². The number of nitrogens with one attached hydrogen (secondary N) is 1. The molecule has 2 atom stereocenters. The van der Waals surface area contributed by atoms with Gasteiger partial charge < -0.3 is 14.2 Å². The highest BCUT2D eigenvalue weighted by Gasteiger charge is 2.30. The van der Waals surface area contributed by atoms with E-state index in [1.807, 2.05) is 0 Å². The van der Waals surface area contributed by atoms with Crippen LogP contribution in [-0.4, -0.2) is 35.0 Å². The zero-order chi connectivity index (χ0) is 17.1. The monoisotopic (exact) mass is 338 g/mol. The van der Waals surface area contributed by atoms with Gasteiger partial charge in [0.15, 0.2) is 12.5 Å². The van der Waals surface area contributed by atoms with Crippen molar-refractivity contribution in [1.29, 1.82) is 0 Å². The third-order valence-corrected chi connectivity index (χ3v) is 4.49. The quantitative estimate of drug-likeness (QED) is 0.817. The summed E-state index contributed by atoms with van der Waals surface area (Å²) >= 11 is 0. The van der Waals surface area contributed by atoms with Gasteiger partial charge in [-0.3, -0.25) is 19.1 Å². The van der Waals surface area contributed by atoms with Gasteiger partial charge in [0.2, 0.25) is 0 Å². The average Bonchev–Trinajstić information content (AvgIpc) is 3.05. The minimum atomic E-state index is -0.707. The van der Waals surface area contributed by atoms with Crippen molar-refractivity contribution < 1.29 is 19.0 Å². The Bertz CT molecular complexity index is 703. The zero-order valence-corrected chi connectivity index (χ0v) is 13.7. The lowest BCUT2D eigenvalue weighted by molar-refractivity contribution is -0.164. The molecule has 24 heavy (non-hydrogen) atoms. The molecule has 1 saturated carbocycles. The number of ether oxygens (including phenoxy) is 3. The van der Waals surface area contributed by atoms with Gasteiger partial charge in [-0.15, -0.1) is 0 Å². The number of hydrogen-bond donors (Lipinski definition) is 1. The number of aromatic amines is 1. The van der Waals surface area contributed by atoms with Crippen LogP contribution in [0.25, 0.3) is 0 Å². The second kappa shape index (κ2) is 7.31. The average molecular weight is 338 g/mol. The van der Waals surface area contributed by atoms with Crippen LogP contribution in [-0.2, 0) is 19.0 Å². The molecule has 1 N–H and O–H groups in total. The molecule has 1 aromatic rings. The Morgan fingerprint density at radius 2 is 2.08 bits per heavy atom. The Morgan fingerprint density at radius 1 is 1.33 bits per heavy atom. The Kier molecular flexibility index (Phi) is 5.15. The van der Waals surface area contributed by atoms with Gasteiger partial charge in [0.1, 0.15) is 6.61 Å². The van der Waals surface area contributed by atoms with Crippen LogP contribution in [0, 0.1) is 12.8 Å². The summed E-state index contributed by atoms with van der Waals surface area (Å²) in [6, 6.07) is 0. The highest BCUT2D eigenvalue weighted by atomic mass is 16.7. The minimum Gasteiger partial charge on any atom is -0.460 e. The largest absolute Gasteiger partial charge is 0.460 e. The molecule has 0 amide bonds. The number of aromatic nitrogens is 2. The van der Waals surface area contributed by atoms with Gasteiger partial charge in [0.25, 0.3) is 5.56 Å². The summed E-state index contributed by atoms with van der Waals surface area (Å²) in [5.41, 5.74) is -0.572. The summed E-state index contributed by atoms with van der Waals surface area (Å²) in [6.07, 6.45) is 5.13. The summed E-state index contributed by atoms with van der Waals surface area (Å²) in [7, 11) is 0. The van der Waals surface area contributed by atoms with Crippen molar-refractivity contribution in [2.75, 3.05) is 13.2 Å². The number of carbonyl (C=O) groups excluding carboxylic acids is 1. The summed E-state index contributed by atoms with van der Waals surface area (Å²) in [4.78, 5) is 37.5. The predicted molar refractivity (Wildman–Crippen MR) is 83.5 cm³/mol. The number of aryl methyl sites for hydroxylation is 1. The third-order valence-electron chi connectivity index (χ3n) is 4.49. The molecule has 0 spiro atoms. The van der Waals surface area contributed by atoms with Gasteiger partial charge in [-0.05, 0) is 19.8 Å². The smallest absolute Gasteiger partial charge is 0.330 e. The molecule has 1 aromatic heterocycles. The molecule has 0 bridgehead atoms. The fraction of sp³-hybridized carbons (Fsp3) is 0.688. The van der Waals surface area contributed by atoms with E-state index >= 15 is 0 Å². The molecule has 1 saturated heterocycles. The standard InChI is InChI=1S/C16H22N2O6/c1-10-7-18(16(21)17-14(10)19)12-8-22-13(24-12)9-23-15(20)11-5-3-2-4-6-11/h7,11-13H,2-6,8-9H2,1H3,(H,17,19,21)/t12-,13-/m1/s1. The molecule has 1 aliphatic carbocycles. The molecular formula is C16H22N2O6. The molecule has 1 aliphatic heterocycles. The van der Waals surface area contributed by atoms with Gasteiger partial charge in [-0.1, -0.05) is 19.3 Å². The van der Waals surface area contributed by atoms with Crippen LogP contribution in [0.15, 0.2) is 15.8 Å². The number of rotatable bonds is 4. The Morgan fingerprint density at radius 3 is 2.83 bits per heavy atom. The second-order valence-electron chi connectivity index (χ2n) is 6.30. The van der Waals surface area contributed by atoms with E-state index in [1.54, 1.807) is 6.92 Å². The number of nitrogens with zero attached hydrogens (tertiary/aromatic N) is 1. The molecular weight excluding hydrogens is 316 g/mol. The maximum atomic E-state index is 12.0. The van der Waals surface area contributed by atoms with Gasteiger partial charge >= 0.3 is 11.7 Å². The summed E-state index contributed by atoms with van der Waals surface area (Å²) in [6.45, 7) is 1.76. The second-order valence-corrected chi connectivity index (χ2v) is 6.30. The molecule has 3 rings (SSSR count). The van der Waals surface area contributed by atoms with E-state index < -0.39 is 23.8 Å². The van der Waals surface area contributed by atoms with Crippen molar-refractivity contribution in [2.45, 2.75) is 51.5 Å². The Hall–Kier alpha value is -1.93. The lowest BCUT2D eigenvalue weighted by atomic mass is 9.89. The molecule has 0 radical (unpaired) electrons. The van der Waals surface area contributed by atoms with Crippen molar-refractivity contribution in [3.05, 3.63) is 32.6 Å². The Balaban J connectivity index is 1.54. The van der Waals surface area contributed by atoms with Crippen LogP contribution in [0.2, 0.25) is 0 Å². The fourth-order valence-electron chi connectivity index (χ4n) is 3.08. The molecule has 2 fully saturated rings. The van der Waals surface area contributed by atoms with Crippen LogP contribution in [0.4, 0.5) is 0 Å². The molecule has 0 aromatic carbocycles. The number of esters is 1. The Labute approximate surface area is 138 Å². The first-order chi connectivity index (χ1) is 11.5. The highest BCUT2D eigenvalue weighted by Crippen LogP contribution is 2.25. The third kappa shape index (κ3) is 3.76.